The first kappa shape index (κ1) is 41.0. The third kappa shape index (κ3) is 8.14. The lowest BCUT2D eigenvalue weighted by molar-refractivity contribution is -0.136. The summed E-state index contributed by atoms with van der Waals surface area (Å²) in [5.41, 5.74) is 6.20. The first-order valence-electron chi connectivity index (χ1n) is 19.8. The second-order valence-electron chi connectivity index (χ2n) is 15.8. The van der Waals surface area contributed by atoms with E-state index < -0.39 is 24.3 Å². The quantitative estimate of drug-likeness (QED) is 0.111. The molecule has 16 heteroatoms. The normalized spacial score (nSPS) is 17.7. The minimum atomic E-state index is -0.739. The van der Waals surface area contributed by atoms with Crippen LogP contribution in [0.3, 0.4) is 0 Å². The van der Waals surface area contributed by atoms with Gasteiger partial charge in [0.25, 0.3) is 0 Å². The molecule has 4 N–H and O–H groups in total. The Morgan fingerprint density at radius 3 is 1.63 bits per heavy atom. The first-order chi connectivity index (χ1) is 28.3. The molecule has 0 spiro atoms. The summed E-state index contributed by atoms with van der Waals surface area (Å²) in [6, 6.07) is 15.3. The number of fused-ring (bicyclic) bond motifs is 2. The molecule has 2 saturated heterocycles. The van der Waals surface area contributed by atoms with Crippen molar-refractivity contribution in [2.45, 2.75) is 77.5 Å². The molecule has 308 valence electrons. The molecule has 0 unspecified atom stereocenters. The lowest BCUT2D eigenvalue weighted by Crippen LogP contribution is -2.51. The van der Waals surface area contributed by atoms with Gasteiger partial charge in [-0.1, -0.05) is 51.4 Å². The summed E-state index contributed by atoms with van der Waals surface area (Å²) in [7, 11) is 2.54. The summed E-state index contributed by atoms with van der Waals surface area (Å²) >= 11 is 6.99. The van der Waals surface area contributed by atoms with E-state index in [1.807, 2.05) is 64.1 Å². The number of carbonyl (C=O) groups excluding carboxylic acids is 4. The molecule has 4 heterocycles. The predicted octanol–water partition coefficient (Wildman–Crippen LogP) is 7.39. The van der Waals surface area contributed by atoms with Crippen LogP contribution in [0.1, 0.15) is 82.7 Å². The van der Waals surface area contributed by atoms with Gasteiger partial charge in [0.1, 0.15) is 23.7 Å². The van der Waals surface area contributed by atoms with Gasteiger partial charge in [0, 0.05) is 29.2 Å². The fourth-order valence-corrected chi connectivity index (χ4v) is 8.49. The van der Waals surface area contributed by atoms with Crippen LogP contribution in [-0.2, 0) is 19.1 Å². The molecule has 0 aliphatic carbocycles. The first-order valence-corrected chi connectivity index (χ1v) is 20.2. The highest BCUT2D eigenvalue weighted by Crippen LogP contribution is 2.39. The molecule has 0 saturated carbocycles. The highest BCUT2D eigenvalue weighted by atomic mass is 35.5. The summed E-state index contributed by atoms with van der Waals surface area (Å²) in [4.78, 5) is 71.6. The van der Waals surface area contributed by atoms with Gasteiger partial charge in [-0.05, 0) is 85.0 Å². The second kappa shape index (κ2) is 17.0. The van der Waals surface area contributed by atoms with Crippen LogP contribution in [-0.4, -0.2) is 93.1 Å². The van der Waals surface area contributed by atoms with Crippen LogP contribution in [0, 0.1) is 23.2 Å². The van der Waals surface area contributed by atoms with Crippen LogP contribution < -0.4 is 10.6 Å². The Bertz CT molecular complexity index is 2470. The minimum absolute atomic E-state index is 0.147. The maximum absolute atomic E-state index is 13.7. The van der Waals surface area contributed by atoms with Gasteiger partial charge in [-0.25, -0.2) is 19.6 Å². The summed E-state index contributed by atoms with van der Waals surface area (Å²) in [5, 5.41) is 16.2. The van der Waals surface area contributed by atoms with Crippen molar-refractivity contribution < 1.29 is 28.7 Å². The average Bonchev–Trinajstić information content (AvgIpc) is 4.06. The summed E-state index contributed by atoms with van der Waals surface area (Å²) in [5.74, 6) is 0.637. The molecule has 0 radical (unpaired) electrons. The topological polar surface area (TPSA) is 198 Å². The van der Waals surface area contributed by atoms with Crippen LogP contribution >= 0.6 is 11.6 Å². The van der Waals surface area contributed by atoms with Crippen LogP contribution in [0.25, 0.3) is 44.3 Å². The number of hydrogen-bond acceptors (Lipinski definition) is 9. The average molecular weight is 822 g/mol. The van der Waals surface area contributed by atoms with Crippen molar-refractivity contribution >= 4 is 57.7 Å². The number of halogens is 1. The molecule has 2 aliphatic heterocycles. The highest BCUT2D eigenvalue weighted by Gasteiger charge is 2.39. The van der Waals surface area contributed by atoms with Crippen molar-refractivity contribution in [1.29, 1.82) is 5.26 Å². The zero-order valence-electron chi connectivity index (χ0n) is 33.9. The standard InChI is InChI=1S/C43H48ClN9O6/c1-22(2)36(50-42(56)58-5)40(54)52-15-7-9-34(52)38-46-30-13-11-24(18-32(30)48-38)27-20-29(44)28(17-26(27)21-45)25-12-14-31-33(19-25)49-39(47-31)35-10-8-16-53(35)41(55)37(23(3)4)51-43(57)59-6/h11-14,17-20,22-23,34-37H,7-10,15-16H2,1-6H3,(H,46,48)(H,47,49)(H,50,56)(H,51,57)/t34-,35-,36-,37-/m0/s1. The van der Waals surface area contributed by atoms with Crippen LogP contribution in [0.4, 0.5) is 9.59 Å². The van der Waals surface area contributed by atoms with Gasteiger partial charge in [0.15, 0.2) is 0 Å². The molecule has 4 amide bonds. The Kier molecular flexibility index (Phi) is 11.8. The number of nitriles is 1. The van der Waals surface area contributed by atoms with Gasteiger partial charge in [-0.3, -0.25) is 9.59 Å². The molecule has 2 aromatic heterocycles. The number of benzene rings is 3. The molecule has 7 rings (SSSR count). The summed E-state index contributed by atoms with van der Waals surface area (Å²) in [6.45, 7) is 8.60. The maximum atomic E-state index is 13.7. The molecule has 3 aromatic carbocycles. The number of aromatic amines is 2. The SMILES string of the molecule is COC(=O)N[C@H](C(=O)N1CCC[C@H]1c1nc2cc(-c3cc(C#N)c(-c4ccc5[nH]c([C@@H]6CCCN6C(=O)[C@@H](NC(=O)OC)C(C)C)nc5c4)cc3Cl)ccc2[nH]1)C(C)C. The smallest absolute Gasteiger partial charge is 0.407 e. The van der Waals surface area contributed by atoms with Crippen molar-refractivity contribution in [2.75, 3.05) is 27.3 Å². The Hall–Kier alpha value is -6.14. The lowest BCUT2D eigenvalue weighted by Gasteiger charge is -2.29. The number of amides is 4. The van der Waals surface area contributed by atoms with E-state index in [0.717, 1.165) is 47.8 Å². The van der Waals surface area contributed by atoms with E-state index >= 15 is 0 Å². The fourth-order valence-electron chi connectivity index (χ4n) is 8.21. The van der Waals surface area contributed by atoms with E-state index in [9.17, 15) is 24.4 Å². The number of carbonyl (C=O) groups is 4. The Morgan fingerprint density at radius 1 is 0.746 bits per heavy atom. The number of methoxy groups -OCH3 is 2. The molecule has 4 atom stereocenters. The predicted molar refractivity (Wildman–Crippen MR) is 222 cm³/mol. The number of rotatable bonds is 10. The van der Waals surface area contributed by atoms with Gasteiger partial charge < -0.3 is 39.9 Å². The third-order valence-corrected chi connectivity index (χ3v) is 11.7. The van der Waals surface area contributed by atoms with Crippen LogP contribution in [0.15, 0.2) is 48.5 Å². The molecular formula is C43H48ClN9O6. The largest absolute Gasteiger partial charge is 0.453 e. The number of hydrogen-bond donors (Lipinski definition) is 4. The van der Waals surface area contributed by atoms with Gasteiger partial charge in [0.05, 0.1) is 60.0 Å². The van der Waals surface area contributed by atoms with Gasteiger partial charge in [-0.2, -0.15) is 5.26 Å². The maximum Gasteiger partial charge on any atom is 0.407 e. The number of imidazole rings is 2. The summed E-state index contributed by atoms with van der Waals surface area (Å²) < 4.78 is 9.53. The van der Waals surface area contributed by atoms with E-state index in [1.54, 1.807) is 21.9 Å². The van der Waals surface area contributed by atoms with Crippen LogP contribution in [0.2, 0.25) is 5.02 Å². The number of nitrogens with zero attached hydrogens (tertiary/aromatic N) is 5. The monoisotopic (exact) mass is 821 g/mol. The number of nitrogens with one attached hydrogen (secondary N) is 4. The van der Waals surface area contributed by atoms with E-state index in [1.165, 1.54) is 14.2 Å². The highest BCUT2D eigenvalue weighted by molar-refractivity contribution is 6.33. The van der Waals surface area contributed by atoms with E-state index in [2.05, 4.69) is 26.7 Å². The van der Waals surface area contributed by atoms with Crippen LogP contribution in [0.5, 0.6) is 0 Å². The Balaban J connectivity index is 1.13. The number of aromatic nitrogens is 4. The molecule has 0 bridgehead atoms. The molecule has 2 fully saturated rings. The number of ether oxygens (including phenoxy) is 2. The van der Waals surface area contributed by atoms with E-state index in [0.29, 0.717) is 57.5 Å². The van der Waals surface area contributed by atoms with E-state index in [4.69, 9.17) is 31.0 Å². The van der Waals surface area contributed by atoms with E-state index in [-0.39, 0.29) is 35.7 Å². The summed E-state index contributed by atoms with van der Waals surface area (Å²) in [6.07, 6.45) is 1.72. The second-order valence-corrected chi connectivity index (χ2v) is 16.2. The van der Waals surface area contributed by atoms with Gasteiger partial charge in [-0.15, -0.1) is 0 Å². The molecule has 15 nitrogen and oxygen atoms in total. The van der Waals surface area contributed by atoms with Crippen molar-refractivity contribution in [1.82, 2.24) is 40.4 Å². The molecule has 5 aromatic rings. The third-order valence-electron chi connectivity index (χ3n) is 11.3. The number of alkyl carbamates (subject to hydrolysis) is 2. The van der Waals surface area contributed by atoms with Gasteiger partial charge >= 0.3 is 12.2 Å². The minimum Gasteiger partial charge on any atom is -0.453 e. The molecular weight excluding hydrogens is 774 g/mol. The van der Waals surface area contributed by atoms with Gasteiger partial charge in [0.2, 0.25) is 11.8 Å². The number of H-pyrrole nitrogens is 2. The zero-order chi connectivity index (χ0) is 42.1. The molecule has 2 aliphatic rings. The Labute approximate surface area is 346 Å². The van der Waals surface area contributed by atoms with Crippen molar-refractivity contribution in [2.24, 2.45) is 11.8 Å². The van der Waals surface area contributed by atoms with Crippen molar-refractivity contribution in [3.63, 3.8) is 0 Å². The lowest BCUT2D eigenvalue weighted by atomic mass is 9.95. The zero-order valence-corrected chi connectivity index (χ0v) is 34.6. The fraction of sp³-hybridized carbons (Fsp3) is 0.419. The molecule has 59 heavy (non-hydrogen) atoms. The van der Waals surface area contributed by atoms with Crippen molar-refractivity contribution in [3.05, 3.63) is 70.8 Å². The van der Waals surface area contributed by atoms with Crippen molar-refractivity contribution in [3.8, 4) is 28.3 Å². The number of likely N-dealkylation sites (tertiary alicyclic amines) is 2. The Morgan fingerprint density at radius 2 is 1.20 bits per heavy atom.